The Morgan fingerprint density at radius 1 is 1.37 bits per heavy atom. The highest BCUT2D eigenvalue weighted by Crippen LogP contribution is 2.27. The standard InChI is InChI=1S/C14H19N3OS/c1-9(2)19-8-11-6-10-4-5-12(18-3)7-13(10)16-14(11)17-15/h4-7,9H,8,15H2,1-3H3,(H,16,17). The second-order valence-corrected chi connectivity index (χ2v) is 6.12. The van der Waals surface area contributed by atoms with Crippen LogP contribution in [-0.2, 0) is 5.75 Å². The van der Waals surface area contributed by atoms with Crippen molar-refractivity contribution in [1.29, 1.82) is 0 Å². The van der Waals surface area contributed by atoms with Gasteiger partial charge in [-0.05, 0) is 23.4 Å². The number of nitrogens with zero attached hydrogens (tertiary/aromatic N) is 1. The van der Waals surface area contributed by atoms with Crippen LogP contribution in [0.5, 0.6) is 5.75 Å². The molecule has 1 aromatic carbocycles. The fourth-order valence-electron chi connectivity index (χ4n) is 1.81. The first-order valence-electron chi connectivity index (χ1n) is 6.20. The molecule has 0 unspecified atom stereocenters. The number of fused-ring (bicyclic) bond motifs is 1. The third-order valence-electron chi connectivity index (χ3n) is 2.81. The molecule has 0 radical (unpaired) electrons. The highest BCUT2D eigenvalue weighted by Gasteiger charge is 2.08. The first kappa shape index (κ1) is 14.0. The highest BCUT2D eigenvalue weighted by atomic mass is 32.2. The predicted molar refractivity (Wildman–Crippen MR) is 82.5 cm³/mol. The number of nitrogens with one attached hydrogen (secondary N) is 1. The molecule has 19 heavy (non-hydrogen) atoms. The van der Waals surface area contributed by atoms with Gasteiger partial charge in [-0.15, -0.1) is 0 Å². The van der Waals surface area contributed by atoms with Crippen molar-refractivity contribution >= 4 is 28.5 Å². The van der Waals surface area contributed by atoms with E-state index in [0.717, 1.165) is 33.8 Å². The molecule has 0 aliphatic rings. The smallest absolute Gasteiger partial charge is 0.144 e. The molecule has 0 aliphatic heterocycles. The van der Waals surface area contributed by atoms with E-state index in [1.807, 2.05) is 30.0 Å². The first-order valence-corrected chi connectivity index (χ1v) is 7.25. The summed E-state index contributed by atoms with van der Waals surface area (Å²) in [4.78, 5) is 4.55. The monoisotopic (exact) mass is 277 g/mol. The zero-order chi connectivity index (χ0) is 13.8. The minimum absolute atomic E-state index is 0.581. The fraction of sp³-hybridized carbons (Fsp3) is 0.357. The number of methoxy groups -OCH3 is 1. The van der Waals surface area contributed by atoms with Crippen LogP contribution in [0, 0.1) is 0 Å². The van der Waals surface area contributed by atoms with Crippen LogP contribution in [0.3, 0.4) is 0 Å². The predicted octanol–water partition coefficient (Wildman–Crippen LogP) is 3.17. The van der Waals surface area contributed by atoms with E-state index in [1.165, 1.54) is 0 Å². The minimum atomic E-state index is 0.581. The number of nitrogen functional groups attached to an aromatic ring is 1. The van der Waals surface area contributed by atoms with Crippen molar-refractivity contribution in [3.63, 3.8) is 0 Å². The van der Waals surface area contributed by atoms with Gasteiger partial charge in [0.2, 0.25) is 0 Å². The van der Waals surface area contributed by atoms with Gasteiger partial charge in [0.1, 0.15) is 11.6 Å². The van der Waals surface area contributed by atoms with Gasteiger partial charge in [0.25, 0.3) is 0 Å². The average Bonchev–Trinajstić information content (AvgIpc) is 2.43. The maximum Gasteiger partial charge on any atom is 0.144 e. The zero-order valence-electron chi connectivity index (χ0n) is 11.4. The van der Waals surface area contributed by atoms with Gasteiger partial charge in [-0.1, -0.05) is 13.8 Å². The quantitative estimate of drug-likeness (QED) is 0.649. The molecule has 5 heteroatoms. The summed E-state index contributed by atoms with van der Waals surface area (Å²) < 4.78 is 5.21. The molecule has 1 aromatic heterocycles. The number of pyridine rings is 1. The van der Waals surface area contributed by atoms with Crippen LogP contribution in [0.4, 0.5) is 5.82 Å². The number of hydrogen-bond acceptors (Lipinski definition) is 5. The average molecular weight is 277 g/mol. The minimum Gasteiger partial charge on any atom is -0.497 e. The van der Waals surface area contributed by atoms with Gasteiger partial charge in [-0.3, -0.25) is 0 Å². The fourth-order valence-corrected chi connectivity index (χ4v) is 2.54. The van der Waals surface area contributed by atoms with Crippen molar-refractivity contribution in [2.75, 3.05) is 12.5 Å². The Morgan fingerprint density at radius 3 is 2.79 bits per heavy atom. The second-order valence-electron chi connectivity index (χ2n) is 4.56. The van der Waals surface area contributed by atoms with Crippen LogP contribution in [-0.4, -0.2) is 17.3 Å². The lowest BCUT2D eigenvalue weighted by atomic mass is 10.1. The number of rotatable bonds is 5. The second kappa shape index (κ2) is 6.12. The Morgan fingerprint density at radius 2 is 2.16 bits per heavy atom. The van der Waals surface area contributed by atoms with Crippen LogP contribution in [0.1, 0.15) is 19.4 Å². The van der Waals surface area contributed by atoms with Crippen molar-refractivity contribution in [3.8, 4) is 5.75 Å². The van der Waals surface area contributed by atoms with E-state index in [0.29, 0.717) is 5.25 Å². The highest BCUT2D eigenvalue weighted by molar-refractivity contribution is 7.99. The van der Waals surface area contributed by atoms with Gasteiger partial charge in [0, 0.05) is 22.8 Å². The number of thioether (sulfide) groups is 1. The molecular weight excluding hydrogens is 258 g/mol. The van der Waals surface area contributed by atoms with E-state index >= 15 is 0 Å². The van der Waals surface area contributed by atoms with E-state index in [1.54, 1.807) is 7.11 Å². The number of benzene rings is 1. The lowest BCUT2D eigenvalue weighted by Crippen LogP contribution is -2.11. The summed E-state index contributed by atoms with van der Waals surface area (Å²) in [5, 5.41) is 1.68. The number of ether oxygens (including phenoxy) is 1. The van der Waals surface area contributed by atoms with E-state index in [2.05, 4.69) is 30.3 Å². The molecule has 2 aromatic rings. The van der Waals surface area contributed by atoms with Crippen molar-refractivity contribution < 1.29 is 4.74 Å². The van der Waals surface area contributed by atoms with E-state index in [-0.39, 0.29) is 0 Å². The molecule has 3 N–H and O–H groups in total. The van der Waals surface area contributed by atoms with Gasteiger partial charge < -0.3 is 10.2 Å². The molecule has 0 atom stereocenters. The topological polar surface area (TPSA) is 60.2 Å². The Kier molecular flexibility index (Phi) is 4.50. The van der Waals surface area contributed by atoms with Crippen molar-refractivity contribution in [2.24, 2.45) is 5.84 Å². The number of hydrazine groups is 1. The largest absolute Gasteiger partial charge is 0.497 e. The molecule has 0 amide bonds. The van der Waals surface area contributed by atoms with Crippen LogP contribution < -0.4 is 16.0 Å². The normalized spacial score (nSPS) is 11.0. The van der Waals surface area contributed by atoms with Crippen molar-refractivity contribution in [3.05, 3.63) is 29.8 Å². The summed E-state index contributed by atoms with van der Waals surface area (Å²) in [6.45, 7) is 4.36. The number of anilines is 1. The van der Waals surface area contributed by atoms with E-state index < -0.39 is 0 Å². The first-order chi connectivity index (χ1) is 9.13. The van der Waals surface area contributed by atoms with Crippen LogP contribution in [0.25, 0.3) is 10.9 Å². The third kappa shape index (κ3) is 3.30. The van der Waals surface area contributed by atoms with Gasteiger partial charge in [0.15, 0.2) is 0 Å². The molecule has 4 nitrogen and oxygen atoms in total. The molecule has 102 valence electrons. The number of nitrogens with two attached hydrogens (primary N) is 1. The van der Waals surface area contributed by atoms with Crippen molar-refractivity contribution in [1.82, 2.24) is 4.98 Å². The molecule has 0 saturated carbocycles. The number of aromatic nitrogens is 1. The molecule has 0 aliphatic carbocycles. The van der Waals surface area contributed by atoms with Gasteiger partial charge in [0.05, 0.1) is 12.6 Å². The molecule has 2 rings (SSSR count). The summed E-state index contributed by atoms with van der Waals surface area (Å²) in [5.74, 6) is 7.99. The lowest BCUT2D eigenvalue weighted by molar-refractivity contribution is 0.415. The Bertz CT molecular complexity index is 572. The van der Waals surface area contributed by atoms with Gasteiger partial charge in [-0.2, -0.15) is 11.8 Å². The maximum absolute atomic E-state index is 5.57. The van der Waals surface area contributed by atoms with Crippen LogP contribution in [0.2, 0.25) is 0 Å². The summed E-state index contributed by atoms with van der Waals surface area (Å²) in [6.07, 6.45) is 0. The van der Waals surface area contributed by atoms with Gasteiger partial charge >= 0.3 is 0 Å². The molecule has 0 spiro atoms. The van der Waals surface area contributed by atoms with Crippen LogP contribution >= 0.6 is 11.8 Å². The summed E-state index contributed by atoms with van der Waals surface area (Å²) >= 11 is 1.87. The summed E-state index contributed by atoms with van der Waals surface area (Å²) in [7, 11) is 1.65. The zero-order valence-corrected chi connectivity index (χ0v) is 12.3. The molecule has 0 saturated heterocycles. The molecule has 1 heterocycles. The lowest BCUT2D eigenvalue weighted by Gasteiger charge is -2.11. The molecule has 0 fully saturated rings. The van der Waals surface area contributed by atoms with E-state index in [4.69, 9.17) is 10.6 Å². The van der Waals surface area contributed by atoms with Crippen molar-refractivity contribution in [2.45, 2.75) is 24.9 Å². The molecular formula is C14H19N3OS. The van der Waals surface area contributed by atoms with E-state index in [9.17, 15) is 0 Å². The summed E-state index contributed by atoms with van der Waals surface area (Å²) in [5.41, 5.74) is 4.69. The number of hydrogen-bond donors (Lipinski definition) is 2. The molecule has 0 bridgehead atoms. The summed E-state index contributed by atoms with van der Waals surface area (Å²) in [6, 6.07) is 8.01. The van der Waals surface area contributed by atoms with Crippen LogP contribution in [0.15, 0.2) is 24.3 Å². The Hall–Kier alpha value is -1.46. The maximum atomic E-state index is 5.57. The van der Waals surface area contributed by atoms with Gasteiger partial charge in [-0.25, -0.2) is 10.8 Å². The Balaban J connectivity index is 2.41. The Labute approximate surface area is 117 Å². The third-order valence-corrected chi connectivity index (χ3v) is 3.96. The SMILES string of the molecule is COc1ccc2cc(CSC(C)C)c(NN)nc2c1.